The Morgan fingerprint density at radius 3 is 2.24 bits per heavy atom. The molecule has 0 saturated carbocycles. The molecule has 0 bridgehead atoms. The van der Waals surface area contributed by atoms with Crippen molar-refractivity contribution in [1.82, 2.24) is 14.9 Å². The topological polar surface area (TPSA) is 83.5 Å². The summed E-state index contributed by atoms with van der Waals surface area (Å²) in [6, 6.07) is 4.60. The van der Waals surface area contributed by atoms with Gasteiger partial charge in [-0.25, -0.2) is 18.4 Å². The van der Waals surface area contributed by atoms with E-state index >= 15 is 0 Å². The number of piperazine rings is 1. The van der Waals surface area contributed by atoms with Gasteiger partial charge in [0.1, 0.15) is 0 Å². The maximum atomic E-state index is 13.3. The number of carbonyl (C=O) groups is 1. The lowest BCUT2D eigenvalue weighted by molar-refractivity contribution is -0.138. The smallest absolute Gasteiger partial charge is 0.337 e. The third-order valence-electron chi connectivity index (χ3n) is 5.00. The number of benzene rings is 1. The Kier molecular flexibility index (Phi) is 7.57. The summed E-state index contributed by atoms with van der Waals surface area (Å²) in [6.07, 6.45) is -1.92. The van der Waals surface area contributed by atoms with E-state index in [1.807, 2.05) is 0 Å². The summed E-state index contributed by atoms with van der Waals surface area (Å²) in [5, 5.41) is 0. The normalized spacial score (nSPS) is 15.2. The Hall–Kier alpha value is -2.34. The van der Waals surface area contributed by atoms with Gasteiger partial charge in [-0.3, -0.25) is 4.79 Å². The number of alkyl halides is 3. The summed E-state index contributed by atoms with van der Waals surface area (Å²) in [7, 11) is -3.48. The molecule has 1 aromatic carbocycles. The number of sulfone groups is 1. The Bertz CT molecular complexity index is 1100. The quantitative estimate of drug-likeness (QED) is 0.558. The molecule has 0 unspecified atom stereocenters. The number of hydrogen-bond donors (Lipinski definition) is 0. The number of aromatic nitrogens is 2. The molecule has 1 aromatic heterocycles. The third kappa shape index (κ3) is 6.38. The minimum absolute atomic E-state index is 0.0801. The molecule has 12 heteroatoms. The molecule has 1 aliphatic rings. The predicted octanol–water partition coefficient (Wildman–Crippen LogP) is 3.61. The fourth-order valence-electron chi connectivity index (χ4n) is 3.20. The van der Waals surface area contributed by atoms with Crippen LogP contribution in [0.4, 0.5) is 19.1 Å². The van der Waals surface area contributed by atoms with Gasteiger partial charge in [-0.2, -0.15) is 13.2 Å². The lowest BCUT2D eigenvalue weighted by atomic mass is 10.1. The average molecular weight is 503 g/mol. The van der Waals surface area contributed by atoms with Crippen LogP contribution in [0.25, 0.3) is 0 Å². The molecule has 1 saturated heterocycles. The molecule has 33 heavy (non-hydrogen) atoms. The number of amides is 1. The fraction of sp³-hybridized carbons (Fsp3) is 0.476. The number of anilines is 1. The summed E-state index contributed by atoms with van der Waals surface area (Å²) >= 11 is 1.50. The Balaban J connectivity index is 1.75. The van der Waals surface area contributed by atoms with Gasteiger partial charge in [0.2, 0.25) is 5.95 Å². The van der Waals surface area contributed by atoms with E-state index in [1.54, 1.807) is 15.9 Å². The third-order valence-corrected chi connectivity index (χ3v) is 7.61. The molecule has 1 aliphatic heterocycles. The number of hydrogen-bond acceptors (Lipinski definition) is 7. The zero-order valence-electron chi connectivity index (χ0n) is 18.5. The highest BCUT2D eigenvalue weighted by Crippen LogP contribution is 2.30. The van der Waals surface area contributed by atoms with E-state index in [-0.39, 0.29) is 16.8 Å². The molecule has 3 rings (SSSR count). The predicted molar refractivity (Wildman–Crippen MR) is 120 cm³/mol. The number of rotatable bonds is 6. The minimum Gasteiger partial charge on any atom is -0.337 e. The molecular weight excluding hydrogens is 477 g/mol. The van der Waals surface area contributed by atoms with Crippen LogP contribution in [0.1, 0.15) is 29.8 Å². The van der Waals surface area contributed by atoms with Gasteiger partial charge in [0.05, 0.1) is 16.0 Å². The van der Waals surface area contributed by atoms with Gasteiger partial charge < -0.3 is 9.80 Å². The molecule has 1 amide bonds. The van der Waals surface area contributed by atoms with E-state index in [4.69, 9.17) is 0 Å². The largest absolute Gasteiger partial charge is 0.419 e. The van der Waals surface area contributed by atoms with E-state index in [1.165, 1.54) is 23.9 Å². The summed E-state index contributed by atoms with van der Waals surface area (Å²) < 4.78 is 62.2. The van der Waals surface area contributed by atoms with Gasteiger partial charge >= 0.3 is 6.18 Å². The lowest BCUT2D eigenvalue weighted by Crippen LogP contribution is -2.49. The van der Waals surface area contributed by atoms with E-state index in [0.29, 0.717) is 37.7 Å². The van der Waals surface area contributed by atoms with Crippen molar-refractivity contribution in [3.8, 4) is 0 Å². The number of halogens is 3. The molecule has 7 nitrogen and oxygen atoms in total. The molecule has 0 aliphatic carbocycles. The number of thioether (sulfide) groups is 1. The van der Waals surface area contributed by atoms with Crippen molar-refractivity contribution in [1.29, 1.82) is 0 Å². The van der Waals surface area contributed by atoms with Gasteiger partial charge in [0, 0.05) is 55.5 Å². The average Bonchev–Trinajstić information content (AvgIpc) is 2.76. The van der Waals surface area contributed by atoms with Gasteiger partial charge in [0.15, 0.2) is 9.84 Å². The van der Waals surface area contributed by atoms with Crippen LogP contribution < -0.4 is 4.90 Å². The van der Waals surface area contributed by atoms with Crippen molar-refractivity contribution >= 4 is 33.5 Å². The summed E-state index contributed by atoms with van der Waals surface area (Å²) in [5.74, 6) is 1.05. The van der Waals surface area contributed by atoms with Crippen LogP contribution in [0.2, 0.25) is 0 Å². The molecule has 0 atom stereocenters. The van der Waals surface area contributed by atoms with Crippen molar-refractivity contribution in [3.63, 3.8) is 0 Å². The van der Waals surface area contributed by atoms with Crippen LogP contribution in [0.3, 0.4) is 0 Å². The number of carbonyl (C=O) groups excluding carboxylic acids is 1. The first kappa shape index (κ1) is 25.3. The van der Waals surface area contributed by atoms with Crippen LogP contribution in [0.5, 0.6) is 0 Å². The SMILES string of the molecule is CC(C)CSc1ccc(S(C)(=O)=O)cc1C(=O)N1CCN(c2ncc(C(F)(F)F)cn2)CC1. The van der Waals surface area contributed by atoms with Crippen molar-refractivity contribution in [2.75, 3.05) is 43.1 Å². The first-order valence-corrected chi connectivity index (χ1v) is 13.1. The molecule has 2 aromatic rings. The van der Waals surface area contributed by atoms with Crippen LogP contribution in [0.15, 0.2) is 40.4 Å². The summed E-state index contributed by atoms with van der Waals surface area (Å²) in [5.41, 5.74) is -0.583. The zero-order chi connectivity index (χ0) is 24.4. The molecule has 0 spiro atoms. The minimum atomic E-state index is -4.50. The van der Waals surface area contributed by atoms with Crippen molar-refractivity contribution in [2.45, 2.75) is 29.8 Å². The summed E-state index contributed by atoms with van der Waals surface area (Å²) in [6.45, 7) is 5.42. The maximum absolute atomic E-state index is 13.3. The maximum Gasteiger partial charge on any atom is 0.419 e. The molecular formula is C21H25F3N4O3S2. The Morgan fingerprint density at radius 2 is 1.73 bits per heavy atom. The van der Waals surface area contributed by atoms with Crippen LogP contribution in [-0.4, -0.2) is 67.4 Å². The van der Waals surface area contributed by atoms with Gasteiger partial charge in [-0.15, -0.1) is 11.8 Å². The lowest BCUT2D eigenvalue weighted by Gasteiger charge is -2.35. The van der Waals surface area contributed by atoms with Crippen LogP contribution in [0, 0.1) is 5.92 Å². The molecule has 0 radical (unpaired) electrons. The molecule has 180 valence electrons. The highest BCUT2D eigenvalue weighted by molar-refractivity contribution is 7.99. The van der Waals surface area contributed by atoms with Gasteiger partial charge in [-0.1, -0.05) is 13.8 Å². The molecule has 2 heterocycles. The second kappa shape index (κ2) is 9.88. The Labute approximate surface area is 195 Å². The standard InChI is InChI=1S/C21H25F3N4O3S2/c1-14(2)13-32-18-5-4-16(33(3,30)31)10-17(18)19(29)27-6-8-28(9-7-27)20-25-11-15(12-26-20)21(22,23)24/h4-5,10-12,14H,6-9,13H2,1-3H3. The summed E-state index contributed by atoms with van der Waals surface area (Å²) in [4.78, 5) is 25.0. The van der Waals surface area contributed by atoms with E-state index < -0.39 is 21.6 Å². The Morgan fingerprint density at radius 1 is 1.12 bits per heavy atom. The van der Waals surface area contributed by atoms with E-state index in [2.05, 4.69) is 23.8 Å². The van der Waals surface area contributed by atoms with Gasteiger partial charge in [0.25, 0.3) is 5.91 Å². The fourth-order valence-corrected chi connectivity index (χ4v) is 4.83. The monoisotopic (exact) mass is 502 g/mol. The second-order valence-electron chi connectivity index (χ2n) is 8.18. The molecule has 0 N–H and O–H groups in total. The van der Waals surface area contributed by atoms with Gasteiger partial charge in [-0.05, 0) is 24.1 Å². The van der Waals surface area contributed by atoms with E-state index in [0.717, 1.165) is 29.3 Å². The number of nitrogens with zero attached hydrogens (tertiary/aromatic N) is 4. The van der Waals surface area contributed by atoms with Crippen LogP contribution in [-0.2, 0) is 16.0 Å². The van der Waals surface area contributed by atoms with Crippen molar-refractivity contribution in [2.24, 2.45) is 5.92 Å². The second-order valence-corrected chi connectivity index (χ2v) is 11.3. The first-order valence-electron chi connectivity index (χ1n) is 10.3. The highest BCUT2D eigenvalue weighted by atomic mass is 32.2. The first-order chi connectivity index (χ1) is 15.4. The molecule has 1 fully saturated rings. The van der Waals surface area contributed by atoms with Crippen molar-refractivity contribution in [3.05, 3.63) is 41.7 Å². The van der Waals surface area contributed by atoms with Crippen LogP contribution >= 0.6 is 11.8 Å². The highest BCUT2D eigenvalue weighted by Gasteiger charge is 2.32. The zero-order valence-corrected chi connectivity index (χ0v) is 20.1. The van der Waals surface area contributed by atoms with Crippen molar-refractivity contribution < 1.29 is 26.4 Å². The van der Waals surface area contributed by atoms with E-state index in [9.17, 15) is 26.4 Å².